The highest BCUT2D eigenvalue weighted by atomic mass is 19.1. The van der Waals surface area contributed by atoms with E-state index in [1.54, 1.807) is 6.07 Å². The first-order valence-corrected chi connectivity index (χ1v) is 8.07. The minimum Gasteiger partial charge on any atom is -0.456 e. The molecule has 0 N–H and O–H groups in total. The average Bonchev–Trinajstić information content (AvgIpc) is 2.37. The van der Waals surface area contributed by atoms with Gasteiger partial charge in [0.15, 0.2) is 0 Å². The molecule has 0 saturated heterocycles. The third-order valence-corrected chi connectivity index (χ3v) is 3.51. The molecule has 0 unspecified atom stereocenters. The highest BCUT2D eigenvalue weighted by Crippen LogP contribution is 2.34. The first-order valence-electron chi connectivity index (χ1n) is 8.07. The second-order valence-electron chi connectivity index (χ2n) is 7.47. The van der Waals surface area contributed by atoms with Gasteiger partial charge in [-0.15, -0.1) is 0 Å². The smallest absolute Gasteiger partial charge is 0.339 e. The summed E-state index contributed by atoms with van der Waals surface area (Å²) in [7, 11) is 1.53. The molecular weight excluding hydrogens is 295 g/mol. The number of benzene rings is 1. The molecule has 0 aliphatic heterocycles. The van der Waals surface area contributed by atoms with E-state index < -0.39 is 11.6 Å². The zero-order valence-electron chi connectivity index (χ0n) is 15.5. The van der Waals surface area contributed by atoms with Crippen molar-refractivity contribution in [2.24, 2.45) is 0 Å². The topological polar surface area (TPSA) is 35.5 Å². The molecule has 0 amide bonds. The van der Waals surface area contributed by atoms with E-state index in [0.29, 0.717) is 16.7 Å². The lowest BCUT2D eigenvalue weighted by molar-refractivity contribution is 0.00654. The number of hydrogen-bond donors (Lipinski definition) is 0. The molecule has 0 radical (unpaired) electrons. The Hall–Kier alpha value is -1.42. The summed E-state index contributed by atoms with van der Waals surface area (Å²) < 4.78 is 25.5. The fourth-order valence-corrected chi connectivity index (χ4v) is 2.58. The van der Waals surface area contributed by atoms with Crippen molar-refractivity contribution in [1.29, 1.82) is 0 Å². The number of hydrogen-bond acceptors (Lipinski definition) is 3. The van der Waals surface area contributed by atoms with Crippen molar-refractivity contribution in [3.05, 3.63) is 34.1 Å². The zero-order chi connectivity index (χ0) is 17.9. The number of esters is 1. The molecule has 0 aliphatic carbocycles. The van der Waals surface area contributed by atoms with Gasteiger partial charge < -0.3 is 9.47 Å². The minimum atomic E-state index is -0.624. The van der Waals surface area contributed by atoms with E-state index in [9.17, 15) is 9.18 Å². The maximum atomic E-state index is 14.9. The summed E-state index contributed by atoms with van der Waals surface area (Å²) >= 11 is 0. The summed E-state index contributed by atoms with van der Waals surface area (Å²) in [5, 5.41) is 0. The van der Waals surface area contributed by atoms with Gasteiger partial charge in [0.05, 0.1) is 12.2 Å². The molecule has 0 fully saturated rings. The Balaban J connectivity index is 3.64. The van der Waals surface area contributed by atoms with E-state index in [1.165, 1.54) is 7.11 Å². The van der Waals surface area contributed by atoms with E-state index in [2.05, 4.69) is 0 Å². The Morgan fingerprint density at radius 3 is 2.13 bits per heavy atom. The first kappa shape index (κ1) is 19.6. The van der Waals surface area contributed by atoms with Gasteiger partial charge in [-0.25, -0.2) is 9.18 Å². The molecule has 0 aliphatic rings. The summed E-state index contributed by atoms with van der Waals surface area (Å²) in [5.41, 5.74) is 1.43. The van der Waals surface area contributed by atoms with Gasteiger partial charge in [0.1, 0.15) is 11.4 Å². The summed E-state index contributed by atoms with van der Waals surface area (Å²) in [5.74, 6) is -0.891. The van der Waals surface area contributed by atoms with Crippen molar-refractivity contribution in [3.8, 4) is 0 Å². The van der Waals surface area contributed by atoms with Crippen LogP contribution in [0.1, 0.15) is 87.4 Å². The molecule has 4 heteroatoms. The van der Waals surface area contributed by atoms with Crippen molar-refractivity contribution in [3.63, 3.8) is 0 Å². The Kier molecular flexibility index (Phi) is 6.34. The zero-order valence-corrected chi connectivity index (χ0v) is 15.5. The van der Waals surface area contributed by atoms with Gasteiger partial charge in [0.25, 0.3) is 0 Å². The van der Waals surface area contributed by atoms with Crippen LogP contribution < -0.4 is 0 Å². The third kappa shape index (κ3) is 4.77. The Labute approximate surface area is 139 Å². The number of carbonyl (C=O) groups excluding carboxylic acids is 1. The van der Waals surface area contributed by atoms with E-state index in [1.807, 2.05) is 48.5 Å². The maximum absolute atomic E-state index is 14.9. The van der Waals surface area contributed by atoms with E-state index in [-0.39, 0.29) is 24.3 Å². The molecular formula is C19H29FO3. The quantitative estimate of drug-likeness (QED) is 0.701. The van der Waals surface area contributed by atoms with Crippen molar-refractivity contribution in [2.45, 2.75) is 72.5 Å². The highest BCUT2D eigenvalue weighted by Gasteiger charge is 2.29. The van der Waals surface area contributed by atoms with Crippen molar-refractivity contribution < 1.29 is 18.7 Å². The standard InChI is InChI=1S/C19H29FO3/c1-11(2)14-9-13(10-22-8)17(20)15(12(3)4)16(14)18(21)23-19(5,6)7/h9,11-12H,10H2,1-8H3. The normalized spacial score (nSPS) is 12.1. The van der Waals surface area contributed by atoms with Gasteiger partial charge >= 0.3 is 5.97 Å². The Morgan fingerprint density at radius 2 is 1.74 bits per heavy atom. The van der Waals surface area contributed by atoms with E-state index in [4.69, 9.17) is 9.47 Å². The molecule has 1 aromatic rings. The van der Waals surface area contributed by atoms with E-state index >= 15 is 0 Å². The van der Waals surface area contributed by atoms with Gasteiger partial charge in [0.2, 0.25) is 0 Å². The summed E-state index contributed by atoms with van der Waals surface area (Å²) in [4.78, 5) is 12.7. The highest BCUT2D eigenvalue weighted by molar-refractivity contribution is 5.94. The van der Waals surface area contributed by atoms with Gasteiger partial charge in [-0.2, -0.15) is 0 Å². The molecule has 1 aromatic carbocycles. The molecule has 130 valence electrons. The van der Waals surface area contributed by atoms with Crippen LogP contribution in [0.3, 0.4) is 0 Å². The molecule has 0 saturated carbocycles. The number of halogens is 1. The van der Waals surface area contributed by atoms with Crippen LogP contribution in [0, 0.1) is 5.82 Å². The maximum Gasteiger partial charge on any atom is 0.339 e. The number of methoxy groups -OCH3 is 1. The lowest BCUT2D eigenvalue weighted by Crippen LogP contribution is -2.26. The van der Waals surface area contributed by atoms with Crippen LogP contribution in [0.5, 0.6) is 0 Å². The second-order valence-corrected chi connectivity index (χ2v) is 7.47. The molecule has 3 nitrogen and oxygen atoms in total. The van der Waals surface area contributed by atoms with Crippen LogP contribution in [-0.2, 0) is 16.1 Å². The van der Waals surface area contributed by atoms with Crippen LogP contribution in [0.25, 0.3) is 0 Å². The van der Waals surface area contributed by atoms with Crippen LogP contribution in [0.2, 0.25) is 0 Å². The Bertz CT molecular complexity index is 569. The summed E-state index contributed by atoms with van der Waals surface area (Å²) in [6.45, 7) is 13.4. The summed E-state index contributed by atoms with van der Waals surface area (Å²) in [6.07, 6.45) is 0. The van der Waals surface area contributed by atoms with Gasteiger partial charge in [0, 0.05) is 18.2 Å². The minimum absolute atomic E-state index is 0.0752. The van der Waals surface area contributed by atoms with Crippen LogP contribution in [-0.4, -0.2) is 18.7 Å². The fourth-order valence-electron chi connectivity index (χ4n) is 2.58. The Morgan fingerprint density at radius 1 is 1.17 bits per heavy atom. The van der Waals surface area contributed by atoms with Crippen LogP contribution in [0.15, 0.2) is 6.07 Å². The average molecular weight is 324 g/mol. The van der Waals surface area contributed by atoms with Gasteiger partial charge in [-0.05, 0) is 44.2 Å². The molecule has 23 heavy (non-hydrogen) atoms. The van der Waals surface area contributed by atoms with Crippen LogP contribution >= 0.6 is 0 Å². The largest absolute Gasteiger partial charge is 0.456 e. The number of ether oxygens (including phenoxy) is 2. The fraction of sp³-hybridized carbons (Fsp3) is 0.632. The first-order chi connectivity index (χ1) is 10.5. The predicted octanol–water partition coefficient (Wildman–Crippen LogP) is 5.17. The van der Waals surface area contributed by atoms with Gasteiger partial charge in [-0.3, -0.25) is 0 Å². The molecule has 0 aromatic heterocycles. The molecule has 0 bridgehead atoms. The SMILES string of the molecule is COCc1cc(C(C)C)c(C(=O)OC(C)(C)C)c(C(C)C)c1F. The lowest BCUT2D eigenvalue weighted by atomic mass is 9.86. The third-order valence-electron chi connectivity index (χ3n) is 3.51. The van der Waals surface area contributed by atoms with Crippen molar-refractivity contribution in [1.82, 2.24) is 0 Å². The molecule has 1 rings (SSSR count). The van der Waals surface area contributed by atoms with Gasteiger partial charge in [-0.1, -0.05) is 27.7 Å². The lowest BCUT2D eigenvalue weighted by Gasteiger charge is -2.25. The summed E-state index contributed by atoms with van der Waals surface area (Å²) in [6, 6.07) is 1.73. The molecule has 0 heterocycles. The monoisotopic (exact) mass is 324 g/mol. The van der Waals surface area contributed by atoms with Crippen LogP contribution in [0.4, 0.5) is 4.39 Å². The van der Waals surface area contributed by atoms with E-state index in [0.717, 1.165) is 5.56 Å². The molecule has 0 atom stereocenters. The predicted molar refractivity (Wildman–Crippen MR) is 90.5 cm³/mol. The second kappa shape index (κ2) is 7.43. The molecule has 0 spiro atoms. The van der Waals surface area contributed by atoms with Crippen molar-refractivity contribution in [2.75, 3.05) is 7.11 Å². The number of rotatable bonds is 5. The van der Waals surface area contributed by atoms with Crippen molar-refractivity contribution >= 4 is 5.97 Å². The number of carbonyl (C=O) groups is 1.